The molecule has 3 heterocycles. The largest absolute Gasteiger partial charge is 0.456 e. The molecule has 3 aromatic heterocycles. The lowest BCUT2D eigenvalue weighted by Crippen LogP contribution is -2.00. The molecule has 0 amide bonds. The third-order valence-electron chi connectivity index (χ3n) is 7.34. The van der Waals surface area contributed by atoms with Gasteiger partial charge in [0.15, 0.2) is 17.5 Å². The fourth-order valence-corrected chi connectivity index (χ4v) is 6.40. The van der Waals surface area contributed by atoms with Crippen molar-refractivity contribution in [1.29, 1.82) is 0 Å². The highest BCUT2D eigenvalue weighted by atomic mass is 32.1. The quantitative estimate of drug-likeness (QED) is 0.204. The number of rotatable bonds is 4. The van der Waals surface area contributed by atoms with Crippen molar-refractivity contribution in [2.45, 2.75) is 0 Å². The van der Waals surface area contributed by atoms with Gasteiger partial charge in [-0.2, -0.15) is 0 Å². The summed E-state index contributed by atoms with van der Waals surface area (Å²) in [6, 6.07) is 16.6. The number of hydrogen-bond donors (Lipinski definition) is 0. The first kappa shape index (κ1) is 16.3. The molecule has 0 unspecified atom stereocenters. The maximum atomic E-state index is 9.49. The van der Waals surface area contributed by atoms with E-state index >= 15 is 0 Å². The molecule has 0 fully saturated rings. The van der Waals surface area contributed by atoms with Crippen molar-refractivity contribution in [2.24, 2.45) is 0 Å². The van der Waals surface area contributed by atoms with Crippen LogP contribution in [0.1, 0.15) is 15.1 Å². The highest BCUT2D eigenvalue weighted by molar-refractivity contribution is 7.26. The summed E-state index contributed by atoms with van der Waals surface area (Å²) in [5.74, 6) is 0.449. The number of thiophene rings is 1. The molecule has 206 valence electrons. The van der Waals surface area contributed by atoms with Gasteiger partial charge in [0.1, 0.15) is 11.2 Å². The summed E-state index contributed by atoms with van der Waals surface area (Å²) < 4.78 is 102. The first-order valence-electron chi connectivity index (χ1n) is 19.1. The third-order valence-corrected chi connectivity index (χ3v) is 8.46. The molecule has 0 saturated carbocycles. The third kappa shape index (κ3) is 4.09. The van der Waals surface area contributed by atoms with Gasteiger partial charge in [0.2, 0.25) is 0 Å². The van der Waals surface area contributed by atoms with Crippen molar-refractivity contribution in [3.05, 3.63) is 139 Å². The van der Waals surface area contributed by atoms with Crippen molar-refractivity contribution < 1.29 is 19.5 Å². The zero-order valence-electron chi connectivity index (χ0n) is 33.6. The lowest BCUT2D eigenvalue weighted by Gasteiger charge is -2.08. The van der Waals surface area contributed by atoms with Crippen molar-refractivity contribution >= 4 is 53.4 Å². The first-order valence-corrected chi connectivity index (χ1v) is 14.5. The number of fused-ring (bicyclic) bond motifs is 6. The maximum Gasteiger partial charge on any atom is 0.164 e. The van der Waals surface area contributed by atoms with Gasteiger partial charge in [0.25, 0.3) is 0 Å². The van der Waals surface area contributed by atoms with Gasteiger partial charge in [0.05, 0.1) is 15.1 Å². The van der Waals surface area contributed by atoms with Gasteiger partial charge >= 0.3 is 0 Å². The molecule has 0 bridgehead atoms. The second kappa shape index (κ2) is 9.97. The van der Waals surface area contributed by atoms with Crippen LogP contribution in [0.4, 0.5) is 0 Å². The Morgan fingerprint density at radius 1 is 0.523 bits per heavy atom. The Labute approximate surface area is 272 Å². The van der Waals surface area contributed by atoms with Crippen LogP contribution in [-0.2, 0) is 0 Å². The van der Waals surface area contributed by atoms with E-state index in [1.54, 1.807) is 6.07 Å². The molecule has 9 aromatic rings. The molecule has 9 rings (SSSR count). The van der Waals surface area contributed by atoms with Gasteiger partial charge in [-0.1, -0.05) is 109 Å². The molecule has 0 aliphatic rings. The van der Waals surface area contributed by atoms with Crippen LogP contribution in [0.2, 0.25) is 0 Å². The topological polar surface area (TPSA) is 51.8 Å². The van der Waals surface area contributed by atoms with Gasteiger partial charge in [-0.25, -0.2) is 15.0 Å². The molecule has 0 aliphatic heterocycles. The SMILES string of the molecule is [2H]c1c([2H])c([2H])c(-c2c([2H])c([2H])c([2H])c3c2sc2c([2H])c(-c4nc(-c5ccccc5)nc(-c5ccc6oc7ccccc7c6c5)n4)c([2H])c([2H])c23)c([2H])c1[2H]. The zero-order chi connectivity index (χ0) is 38.6. The molecule has 0 radical (unpaired) electrons. The lowest BCUT2D eigenvalue weighted by atomic mass is 10.0. The smallest absolute Gasteiger partial charge is 0.164 e. The van der Waals surface area contributed by atoms with E-state index in [2.05, 4.69) is 0 Å². The number of hydrogen-bond acceptors (Lipinski definition) is 5. The second-order valence-corrected chi connectivity index (χ2v) is 11.0. The van der Waals surface area contributed by atoms with E-state index in [0.29, 0.717) is 22.3 Å². The molecule has 0 spiro atoms. The minimum atomic E-state index is -0.635. The molecule has 44 heavy (non-hydrogen) atoms. The molecule has 0 aliphatic carbocycles. The minimum Gasteiger partial charge on any atom is -0.456 e. The number of aromatic nitrogens is 3. The summed E-state index contributed by atoms with van der Waals surface area (Å²) in [5, 5.41) is 1.71. The molecule has 0 atom stereocenters. The van der Waals surface area contributed by atoms with Crippen LogP contribution in [0.25, 0.3) is 87.4 Å². The Hall–Kier alpha value is -5.65. The second-order valence-electron chi connectivity index (χ2n) is 9.99. The van der Waals surface area contributed by atoms with Gasteiger partial charge in [0, 0.05) is 47.6 Å². The first-order chi connectivity index (χ1) is 26.4. The van der Waals surface area contributed by atoms with E-state index in [1.165, 1.54) is 0 Å². The summed E-state index contributed by atoms with van der Waals surface area (Å²) in [5.41, 5.74) is 2.03. The number of benzene rings is 6. The molecule has 4 nitrogen and oxygen atoms in total. The van der Waals surface area contributed by atoms with Gasteiger partial charge in [-0.05, 0) is 41.4 Å². The number of nitrogens with zero attached hydrogens (tertiary/aromatic N) is 3. The van der Waals surface area contributed by atoms with Crippen molar-refractivity contribution in [1.82, 2.24) is 15.0 Å². The average molecular weight is 593 g/mol. The number of furan rings is 1. The molecule has 5 heteroatoms. The van der Waals surface area contributed by atoms with Crippen LogP contribution in [0, 0.1) is 0 Å². The van der Waals surface area contributed by atoms with E-state index in [-0.39, 0.29) is 66.4 Å². The maximum absolute atomic E-state index is 9.49. The fraction of sp³-hybridized carbons (Fsp3) is 0. The Balaban J connectivity index is 1.34. The van der Waals surface area contributed by atoms with E-state index in [9.17, 15) is 4.11 Å². The van der Waals surface area contributed by atoms with Crippen LogP contribution in [0.15, 0.2) is 144 Å². The van der Waals surface area contributed by atoms with Crippen LogP contribution in [0.5, 0.6) is 0 Å². The average Bonchev–Trinajstić information content (AvgIpc) is 3.78. The standard InChI is InChI=1S/C39H23N3OS/c1-3-10-24(11-4-1)28-15-9-16-31-30-20-18-27(23-35(30)44-36(28)31)39-41-37(25-12-5-2-6-13-25)40-38(42-39)26-19-21-34-32(22-26)29-14-7-8-17-33(29)43-34/h1-23H/i1D,3D,4D,9D,10D,11D,15D,16D,18D,20D,23D. The van der Waals surface area contributed by atoms with Crippen molar-refractivity contribution in [2.75, 3.05) is 0 Å². The van der Waals surface area contributed by atoms with Gasteiger partial charge in [-0.15, -0.1) is 11.3 Å². The predicted octanol–water partition coefficient (Wildman–Crippen LogP) is 10.8. The summed E-state index contributed by atoms with van der Waals surface area (Å²) in [6.45, 7) is 0. The lowest BCUT2D eigenvalue weighted by molar-refractivity contribution is 0.669. The Morgan fingerprint density at radius 2 is 1.27 bits per heavy atom. The Morgan fingerprint density at radius 3 is 2.14 bits per heavy atom. The fourth-order valence-electron chi connectivity index (χ4n) is 5.28. The van der Waals surface area contributed by atoms with E-state index in [0.717, 1.165) is 22.1 Å². The monoisotopic (exact) mass is 592 g/mol. The predicted molar refractivity (Wildman–Crippen MR) is 182 cm³/mol. The highest BCUT2D eigenvalue weighted by Crippen LogP contribution is 2.41. The van der Waals surface area contributed by atoms with Crippen LogP contribution < -0.4 is 0 Å². The zero-order valence-corrected chi connectivity index (χ0v) is 23.4. The van der Waals surface area contributed by atoms with Crippen molar-refractivity contribution in [3.8, 4) is 45.3 Å². The minimum absolute atomic E-state index is 0.000664. The van der Waals surface area contributed by atoms with Crippen LogP contribution in [0.3, 0.4) is 0 Å². The summed E-state index contributed by atoms with van der Waals surface area (Å²) in [6.07, 6.45) is 0. The van der Waals surface area contributed by atoms with Crippen molar-refractivity contribution in [3.63, 3.8) is 0 Å². The summed E-state index contributed by atoms with van der Waals surface area (Å²) >= 11 is 0.885. The summed E-state index contributed by atoms with van der Waals surface area (Å²) in [7, 11) is 0. The van der Waals surface area contributed by atoms with Crippen LogP contribution in [-0.4, -0.2) is 15.0 Å². The molecule has 0 N–H and O–H groups in total. The Kier molecular flexibility index (Phi) is 3.69. The van der Waals surface area contributed by atoms with Gasteiger partial charge in [-0.3, -0.25) is 0 Å². The normalized spacial score (nSPS) is 15.1. The molecular weight excluding hydrogens is 559 g/mol. The van der Waals surface area contributed by atoms with E-state index < -0.39 is 54.4 Å². The molecular formula is C39H23N3OS. The van der Waals surface area contributed by atoms with Gasteiger partial charge < -0.3 is 4.42 Å². The van der Waals surface area contributed by atoms with E-state index in [4.69, 9.17) is 30.3 Å². The molecule has 6 aromatic carbocycles. The highest BCUT2D eigenvalue weighted by Gasteiger charge is 2.16. The summed E-state index contributed by atoms with van der Waals surface area (Å²) in [4.78, 5) is 14.3. The number of para-hydroxylation sites is 1. The van der Waals surface area contributed by atoms with E-state index in [1.807, 2.05) is 66.7 Å². The Bertz CT molecular complexity index is 3100. The van der Waals surface area contributed by atoms with Crippen LogP contribution >= 0.6 is 11.3 Å². The molecule has 0 saturated heterocycles.